The molecule has 0 aromatic rings. The predicted molar refractivity (Wildman–Crippen MR) is 60.7 cm³/mol. The van der Waals surface area contributed by atoms with Gasteiger partial charge < -0.3 is 24.0 Å². The minimum Gasteiger partial charge on any atom is -0.781 e. The maximum absolute atomic E-state index is 9.29. The van der Waals surface area contributed by atoms with Crippen LogP contribution in [0.25, 0.3) is 0 Å². The minimum atomic E-state index is -3.51. The van der Waals surface area contributed by atoms with Crippen molar-refractivity contribution >= 4 is 65.4 Å². The zero-order valence-electron chi connectivity index (χ0n) is 9.44. The Balaban J connectivity index is -0.000000200. The molecular formula is C7H18BaO6P2. The molecule has 0 aliphatic heterocycles. The smallest absolute Gasteiger partial charge is 0.781 e. The summed E-state index contributed by atoms with van der Waals surface area (Å²) < 4.78 is 21.8. The van der Waals surface area contributed by atoms with E-state index < -0.39 is 16.5 Å². The first-order valence-corrected chi connectivity index (χ1v) is 7.20. The molecule has 0 aliphatic rings. The summed E-state index contributed by atoms with van der Waals surface area (Å²) in [5, 5.41) is 8.37. The van der Waals surface area contributed by atoms with E-state index in [1.54, 1.807) is 0 Å². The van der Waals surface area contributed by atoms with Crippen molar-refractivity contribution in [3.05, 3.63) is 0 Å². The molecule has 0 amide bonds. The van der Waals surface area contributed by atoms with Crippen molar-refractivity contribution in [1.82, 2.24) is 0 Å². The first-order chi connectivity index (χ1) is 7.04. The quantitative estimate of drug-likeness (QED) is 0.370. The summed E-state index contributed by atoms with van der Waals surface area (Å²) in [7, 11) is -7.03. The van der Waals surface area contributed by atoms with Crippen LogP contribution in [0.1, 0.15) is 39.0 Å². The fourth-order valence-electron chi connectivity index (χ4n) is 0.783. The van der Waals surface area contributed by atoms with Crippen LogP contribution in [0.3, 0.4) is 0 Å². The normalized spacial score (nSPS) is 13.0. The fourth-order valence-corrected chi connectivity index (χ4v) is 1.33. The Morgan fingerprint density at radius 1 is 1.06 bits per heavy atom. The first kappa shape index (κ1) is 23.0. The number of unbranched alkanes of at least 4 members (excludes halogenated alkanes) is 4. The molecule has 0 heterocycles. The molecule has 2 unspecified atom stereocenters. The van der Waals surface area contributed by atoms with E-state index in [1.165, 1.54) is 25.7 Å². The van der Waals surface area contributed by atoms with Gasteiger partial charge in [0.25, 0.3) is 0 Å². The molecule has 94 valence electrons. The van der Waals surface area contributed by atoms with Crippen molar-refractivity contribution in [2.75, 3.05) is 6.61 Å². The third-order valence-corrected chi connectivity index (χ3v) is 2.76. The van der Waals surface area contributed by atoms with E-state index in [9.17, 15) is 18.9 Å². The number of hydrogen-bond donors (Lipinski definition) is 1. The Morgan fingerprint density at radius 3 is 1.75 bits per heavy atom. The van der Waals surface area contributed by atoms with E-state index in [4.69, 9.17) is 5.11 Å². The van der Waals surface area contributed by atoms with Gasteiger partial charge in [0.05, 0.1) is 0 Å². The van der Waals surface area contributed by atoms with Crippen LogP contribution in [0.5, 0.6) is 0 Å². The van der Waals surface area contributed by atoms with E-state index in [-0.39, 0.29) is 48.9 Å². The van der Waals surface area contributed by atoms with Gasteiger partial charge in [0.15, 0.2) is 0 Å². The second-order valence-corrected chi connectivity index (χ2v) is 4.56. The van der Waals surface area contributed by atoms with Crippen molar-refractivity contribution in [1.29, 1.82) is 0 Å². The topological polar surface area (TPSA) is 110 Å². The Kier molecular flexibility index (Phi) is 27.6. The van der Waals surface area contributed by atoms with Crippen molar-refractivity contribution < 1.29 is 28.3 Å². The van der Waals surface area contributed by atoms with E-state index in [0.29, 0.717) is 6.61 Å². The molecule has 0 aromatic heterocycles. The number of aliphatic hydroxyl groups excluding tert-OH is 1. The largest absolute Gasteiger partial charge is 2.00 e. The Bertz CT molecular complexity index is 162. The number of hydrogen-bond acceptors (Lipinski definition) is 6. The summed E-state index contributed by atoms with van der Waals surface area (Å²) in [6, 6.07) is 0. The van der Waals surface area contributed by atoms with Crippen LogP contribution in [0.2, 0.25) is 0 Å². The molecule has 9 heteroatoms. The zero-order chi connectivity index (χ0) is 12.1. The van der Waals surface area contributed by atoms with Crippen molar-refractivity contribution in [2.24, 2.45) is 0 Å². The summed E-state index contributed by atoms with van der Waals surface area (Å²) in [6.45, 7) is 2.56. The summed E-state index contributed by atoms with van der Waals surface area (Å²) in [4.78, 5) is 18.6. The molecule has 6 nitrogen and oxygen atoms in total. The maximum Gasteiger partial charge on any atom is 2.00 e. The molecule has 0 radical (unpaired) electrons. The van der Waals surface area contributed by atoms with Gasteiger partial charge in [-0.05, 0) is 6.42 Å². The van der Waals surface area contributed by atoms with Crippen LogP contribution < -0.4 is 9.79 Å². The molecule has 0 rings (SSSR count). The van der Waals surface area contributed by atoms with Crippen LogP contribution in [0, 0.1) is 0 Å². The van der Waals surface area contributed by atoms with Gasteiger partial charge >= 0.3 is 48.9 Å². The Morgan fingerprint density at radius 2 is 1.50 bits per heavy atom. The predicted octanol–water partition coefficient (Wildman–Crippen LogP) is 0.0713. The standard InChI is InChI=1S/C7H16O.Ba.H4O5P2/c1-2-3-4-5-6-7-8;;1-6(2)5-7(3)4/h8H,2-7H2,1H3;;6-7H,(H,1,2)(H,3,4)/q;+2;/p-2. The third-order valence-electron chi connectivity index (χ3n) is 1.43. The van der Waals surface area contributed by atoms with Gasteiger partial charge in [-0.3, -0.25) is 4.31 Å². The summed E-state index contributed by atoms with van der Waals surface area (Å²) >= 11 is 0. The second-order valence-electron chi connectivity index (χ2n) is 2.74. The summed E-state index contributed by atoms with van der Waals surface area (Å²) in [6.07, 6.45) is 6.08. The van der Waals surface area contributed by atoms with E-state index >= 15 is 0 Å². The fraction of sp³-hybridized carbons (Fsp3) is 1.00. The summed E-state index contributed by atoms with van der Waals surface area (Å²) in [5.74, 6) is 0. The van der Waals surface area contributed by atoms with Gasteiger partial charge in [-0.2, -0.15) is 0 Å². The van der Waals surface area contributed by atoms with Gasteiger partial charge in [0.1, 0.15) is 16.5 Å². The molecule has 0 bridgehead atoms. The van der Waals surface area contributed by atoms with Crippen LogP contribution >= 0.6 is 16.5 Å². The van der Waals surface area contributed by atoms with Crippen LogP contribution in [-0.4, -0.2) is 60.6 Å². The van der Waals surface area contributed by atoms with Crippen molar-refractivity contribution in [3.8, 4) is 0 Å². The molecule has 0 saturated heterocycles. The molecule has 1 N–H and O–H groups in total. The second kappa shape index (κ2) is 19.2. The Hall–Kier alpha value is 1.87. The van der Waals surface area contributed by atoms with Crippen molar-refractivity contribution in [2.45, 2.75) is 39.0 Å². The van der Waals surface area contributed by atoms with Gasteiger partial charge in [-0.15, -0.1) is 0 Å². The van der Waals surface area contributed by atoms with E-state index in [1.807, 2.05) is 0 Å². The molecule has 0 saturated carbocycles. The zero-order valence-corrected chi connectivity index (χ0v) is 15.9. The van der Waals surface area contributed by atoms with E-state index in [2.05, 4.69) is 11.2 Å². The monoisotopic (exact) mass is 398 g/mol. The summed E-state index contributed by atoms with van der Waals surface area (Å²) in [5.41, 5.74) is 0. The molecular weight excluding hydrogens is 379 g/mol. The van der Waals surface area contributed by atoms with Crippen LogP contribution in [-0.2, 0) is 13.4 Å². The van der Waals surface area contributed by atoms with Gasteiger partial charge in [0.2, 0.25) is 0 Å². The molecule has 2 atom stereocenters. The number of aliphatic hydroxyl groups is 1. The number of rotatable bonds is 7. The maximum atomic E-state index is 9.29. The first-order valence-electron chi connectivity index (χ1n) is 4.75. The van der Waals surface area contributed by atoms with Gasteiger partial charge in [-0.1, -0.05) is 32.6 Å². The molecule has 0 aliphatic carbocycles. The third kappa shape index (κ3) is 29.7. The van der Waals surface area contributed by atoms with Gasteiger partial charge in [0, 0.05) is 6.61 Å². The van der Waals surface area contributed by atoms with Crippen LogP contribution in [0.15, 0.2) is 0 Å². The Labute approximate surface area is 138 Å². The molecule has 0 aromatic carbocycles. The molecule has 0 spiro atoms. The minimum absolute atomic E-state index is 0. The average Bonchev–Trinajstić information content (AvgIpc) is 2.11. The molecule has 16 heavy (non-hydrogen) atoms. The SMILES string of the molecule is CCCCCCCO.O=[PH]([O-])O[PH](=O)[O-].[Ba+2]. The average molecular weight is 397 g/mol. The van der Waals surface area contributed by atoms with Crippen molar-refractivity contribution in [3.63, 3.8) is 0 Å². The van der Waals surface area contributed by atoms with Crippen LogP contribution in [0.4, 0.5) is 0 Å². The van der Waals surface area contributed by atoms with Gasteiger partial charge in [-0.25, -0.2) is 0 Å². The molecule has 0 fully saturated rings. The van der Waals surface area contributed by atoms with E-state index in [0.717, 1.165) is 6.42 Å².